The van der Waals surface area contributed by atoms with Crippen LogP contribution in [0.15, 0.2) is 47.3 Å². The summed E-state index contributed by atoms with van der Waals surface area (Å²) in [5, 5.41) is 2.98. The topological polar surface area (TPSA) is 91.5 Å². The van der Waals surface area contributed by atoms with Crippen LogP contribution in [0.1, 0.15) is 40.6 Å². The molecule has 2 N–H and O–H groups in total. The van der Waals surface area contributed by atoms with Crippen LogP contribution >= 0.6 is 0 Å². The number of methoxy groups -OCH3 is 1. The van der Waals surface area contributed by atoms with Crippen LogP contribution in [0.25, 0.3) is 0 Å². The largest absolute Gasteiger partial charge is 0.367 e. The van der Waals surface area contributed by atoms with Crippen molar-refractivity contribution in [1.29, 1.82) is 0 Å². The standard InChI is InChI=1S/C22H27N3O4/c1-15-12-18(13-19(26)24-15)22(28)25-10-8-16(9-11-25)14-23-21(27)20(29-2)17-6-4-3-5-7-17/h3-7,12-13,16,20H,8-11,14H2,1-2H3,(H,23,27)(H,24,26)/t20-/m1/s1. The molecular formula is C22H27N3O4. The van der Waals surface area contributed by atoms with Gasteiger partial charge in [0.25, 0.3) is 11.8 Å². The van der Waals surface area contributed by atoms with Gasteiger partial charge in [0.2, 0.25) is 5.56 Å². The predicted molar refractivity (Wildman–Crippen MR) is 110 cm³/mol. The van der Waals surface area contributed by atoms with Crippen LogP contribution in [0.2, 0.25) is 0 Å². The Kier molecular flexibility index (Phi) is 6.82. The summed E-state index contributed by atoms with van der Waals surface area (Å²) in [5.74, 6) is 0.0265. The Morgan fingerprint density at radius 2 is 1.90 bits per heavy atom. The molecule has 7 nitrogen and oxygen atoms in total. The normalized spacial score (nSPS) is 15.7. The third-order valence-corrected chi connectivity index (χ3v) is 5.27. The summed E-state index contributed by atoms with van der Waals surface area (Å²) in [6.07, 6.45) is 0.978. The zero-order valence-corrected chi connectivity index (χ0v) is 16.8. The number of likely N-dealkylation sites (tertiary alicyclic amines) is 1. The van der Waals surface area contributed by atoms with Gasteiger partial charge in [-0.15, -0.1) is 0 Å². The molecule has 0 saturated carbocycles. The number of hydrogen-bond donors (Lipinski definition) is 2. The van der Waals surface area contributed by atoms with Gasteiger partial charge in [0.05, 0.1) is 0 Å². The van der Waals surface area contributed by atoms with Crippen LogP contribution < -0.4 is 10.9 Å². The van der Waals surface area contributed by atoms with Crippen LogP contribution in [-0.2, 0) is 9.53 Å². The number of ether oxygens (including phenoxy) is 1. The molecule has 2 amide bonds. The van der Waals surface area contributed by atoms with Gasteiger partial charge in [0, 0.05) is 44.1 Å². The number of aromatic amines is 1. The quantitative estimate of drug-likeness (QED) is 0.780. The summed E-state index contributed by atoms with van der Waals surface area (Å²) in [6.45, 7) is 3.53. The van der Waals surface area contributed by atoms with Crippen molar-refractivity contribution < 1.29 is 14.3 Å². The third-order valence-electron chi connectivity index (χ3n) is 5.27. The lowest BCUT2D eigenvalue weighted by Gasteiger charge is -2.32. The molecule has 0 radical (unpaired) electrons. The molecule has 0 unspecified atom stereocenters. The molecule has 1 aromatic carbocycles. The fourth-order valence-corrected chi connectivity index (χ4v) is 3.69. The first-order chi connectivity index (χ1) is 14.0. The first-order valence-electron chi connectivity index (χ1n) is 9.83. The highest BCUT2D eigenvalue weighted by molar-refractivity contribution is 5.94. The maximum atomic E-state index is 12.6. The van der Waals surface area contributed by atoms with E-state index in [4.69, 9.17) is 4.74 Å². The van der Waals surface area contributed by atoms with Crippen LogP contribution in [-0.4, -0.2) is 48.4 Å². The molecule has 1 saturated heterocycles. The van der Waals surface area contributed by atoms with Gasteiger partial charge in [0.1, 0.15) is 0 Å². The second kappa shape index (κ2) is 9.52. The van der Waals surface area contributed by atoms with Gasteiger partial charge in [-0.1, -0.05) is 30.3 Å². The van der Waals surface area contributed by atoms with Gasteiger partial charge in [-0.3, -0.25) is 14.4 Å². The van der Waals surface area contributed by atoms with Crippen LogP contribution in [0, 0.1) is 12.8 Å². The van der Waals surface area contributed by atoms with E-state index in [-0.39, 0.29) is 17.4 Å². The van der Waals surface area contributed by atoms with Crippen molar-refractivity contribution in [2.75, 3.05) is 26.7 Å². The Morgan fingerprint density at radius 3 is 2.52 bits per heavy atom. The number of carbonyl (C=O) groups excluding carboxylic acids is 2. The SMILES string of the molecule is CO[C@@H](C(=O)NCC1CCN(C(=O)c2cc(C)[nH]c(=O)c2)CC1)c1ccccc1. The number of hydrogen-bond acceptors (Lipinski definition) is 4. The second-order valence-electron chi connectivity index (χ2n) is 7.42. The molecule has 3 rings (SSSR count). The summed E-state index contributed by atoms with van der Waals surface area (Å²) in [6, 6.07) is 12.4. The lowest BCUT2D eigenvalue weighted by Crippen LogP contribution is -2.42. The molecule has 1 fully saturated rings. The minimum atomic E-state index is -0.628. The van der Waals surface area contributed by atoms with E-state index in [0.717, 1.165) is 18.4 Å². The number of amides is 2. The first kappa shape index (κ1) is 20.8. The average Bonchev–Trinajstić information content (AvgIpc) is 2.73. The Bertz CT molecular complexity index is 902. The van der Waals surface area contributed by atoms with E-state index < -0.39 is 6.10 Å². The van der Waals surface area contributed by atoms with Gasteiger partial charge in [-0.25, -0.2) is 0 Å². The molecule has 2 aromatic rings. The van der Waals surface area contributed by atoms with E-state index in [2.05, 4.69) is 10.3 Å². The van der Waals surface area contributed by atoms with E-state index in [1.54, 1.807) is 17.9 Å². The van der Waals surface area contributed by atoms with Crippen molar-refractivity contribution >= 4 is 11.8 Å². The van der Waals surface area contributed by atoms with Gasteiger partial charge in [-0.05, 0) is 37.3 Å². The minimum absolute atomic E-state index is 0.120. The second-order valence-corrected chi connectivity index (χ2v) is 7.42. The molecule has 2 heterocycles. The zero-order chi connectivity index (χ0) is 20.8. The van der Waals surface area contributed by atoms with Crippen molar-refractivity contribution in [3.05, 3.63) is 69.6 Å². The fourth-order valence-electron chi connectivity index (χ4n) is 3.69. The van der Waals surface area contributed by atoms with E-state index in [9.17, 15) is 14.4 Å². The van der Waals surface area contributed by atoms with Crippen molar-refractivity contribution in [1.82, 2.24) is 15.2 Å². The van der Waals surface area contributed by atoms with Crippen LogP contribution in [0.3, 0.4) is 0 Å². The van der Waals surface area contributed by atoms with E-state index in [0.29, 0.717) is 36.8 Å². The number of carbonyl (C=O) groups is 2. The number of aryl methyl sites for hydroxylation is 1. The van der Waals surface area contributed by atoms with Gasteiger partial charge >= 0.3 is 0 Å². The van der Waals surface area contributed by atoms with E-state index in [1.807, 2.05) is 30.3 Å². The Balaban J connectivity index is 1.50. The number of nitrogens with one attached hydrogen (secondary N) is 2. The van der Waals surface area contributed by atoms with Gasteiger partial charge < -0.3 is 19.9 Å². The molecule has 0 spiro atoms. The molecule has 0 aliphatic carbocycles. The number of rotatable bonds is 6. The molecular weight excluding hydrogens is 370 g/mol. The summed E-state index contributed by atoms with van der Waals surface area (Å²) in [4.78, 5) is 41.2. The number of piperidine rings is 1. The third kappa shape index (κ3) is 5.32. The Morgan fingerprint density at radius 1 is 1.21 bits per heavy atom. The Labute approximate surface area is 170 Å². The highest BCUT2D eigenvalue weighted by atomic mass is 16.5. The number of pyridine rings is 1. The zero-order valence-electron chi connectivity index (χ0n) is 16.8. The van der Waals surface area contributed by atoms with Crippen molar-refractivity contribution in [3.8, 4) is 0 Å². The molecule has 29 heavy (non-hydrogen) atoms. The first-order valence-corrected chi connectivity index (χ1v) is 9.83. The number of nitrogens with zero attached hydrogens (tertiary/aromatic N) is 1. The van der Waals surface area contributed by atoms with Gasteiger partial charge in [-0.2, -0.15) is 0 Å². The maximum absolute atomic E-state index is 12.6. The van der Waals surface area contributed by atoms with Crippen molar-refractivity contribution in [2.45, 2.75) is 25.9 Å². The lowest BCUT2D eigenvalue weighted by atomic mass is 9.96. The summed E-state index contributed by atoms with van der Waals surface area (Å²) in [7, 11) is 1.53. The molecule has 0 bridgehead atoms. The van der Waals surface area contributed by atoms with Crippen LogP contribution in [0.4, 0.5) is 0 Å². The molecule has 154 valence electrons. The molecule has 1 aromatic heterocycles. The Hall–Kier alpha value is -2.93. The molecule has 1 aliphatic heterocycles. The van der Waals surface area contributed by atoms with Crippen LogP contribution in [0.5, 0.6) is 0 Å². The smallest absolute Gasteiger partial charge is 0.254 e. The number of H-pyrrole nitrogens is 1. The molecule has 1 atom stereocenters. The summed E-state index contributed by atoms with van der Waals surface area (Å²) in [5.41, 5.74) is 1.64. The molecule has 7 heteroatoms. The van der Waals surface area contributed by atoms with Crippen molar-refractivity contribution in [2.24, 2.45) is 5.92 Å². The minimum Gasteiger partial charge on any atom is -0.367 e. The van der Waals surface area contributed by atoms with E-state index >= 15 is 0 Å². The lowest BCUT2D eigenvalue weighted by molar-refractivity contribution is -0.131. The molecule has 1 aliphatic rings. The highest BCUT2D eigenvalue weighted by Gasteiger charge is 2.26. The fraction of sp³-hybridized carbons (Fsp3) is 0.409. The van der Waals surface area contributed by atoms with E-state index in [1.165, 1.54) is 13.2 Å². The number of benzene rings is 1. The number of aromatic nitrogens is 1. The average molecular weight is 397 g/mol. The maximum Gasteiger partial charge on any atom is 0.254 e. The highest BCUT2D eigenvalue weighted by Crippen LogP contribution is 2.20. The van der Waals surface area contributed by atoms with Gasteiger partial charge in [0.15, 0.2) is 6.10 Å². The summed E-state index contributed by atoms with van der Waals surface area (Å²) < 4.78 is 5.36. The monoisotopic (exact) mass is 397 g/mol. The van der Waals surface area contributed by atoms with Crippen molar-refractivity contribution in [3.63, 3.8) is 0 Å². The predicted octanol–water partition coefficient (Wildman–Crippen LogP) is 2.04. The summed E-state index contributed by atoms with van der Waals surface area (Å²) >= 11 is 0.